The van der Waals surface area contributed by atoms with Gasteiger partial charge in [-0.2, -0.15) is 13.5 Å². The first-order chi connectivity index (χ1) is 16.2. The van der Waals surface area contributed by atoms with E-state index < -0.39 is 22.0 Å². The second-order valence-corrected chi connectivity index (χ2v) is 8.68. The molecular weight excluding hydrogens is 464 g/mol. The van der Waals surface area contributed by atoms with E-state index in [0.29, 0.717) is 22.6 Å². The van der Waals surface area contributed by atoms with E-state index >= 15 is 0 Å². The number of nitrogens with one attached hydrogen (secondary N) is 1. The lowest BCUT2D eigenvalue weighted by Gasteiger charge is -2.11. The monoisotopic (exact) mass is 482 g/mol. The Labute approximate surface area is 194 Å². The molecule has 34 heavy (non-hydrogen) atoms. The van der Waals surface area contributed by atoms with E-state index in [1.807, 2.05) is 0 Å². The Hall–Kier alpha value is -4.38. The summed E-state index contributed by atoms with van der Waals surface area (Å²) in [5.74, 6) is -0.946. The van der Waals surface area contributed by atoms with Crippen LogP contribution in [0.25, 0.3) is 0 Å². The van der Waals surface area contributed by atoms with Gasteiger partial charge in [-0.05, 0) is 54.4 Å². The molecule has 2 N–H and O–H groups in total. The normalized spacial score (nSPS) is 12.5. The Morgan fingerprint density at radius 1 is 1.03 bits per heavy atom. The maximum Gasteiger partial charge on any atom is 0.339 e. The number of ether oxygens (including phenoxy) is 2. The van der Waals surface area contributed by atoms with Gasteiger partial charge in [-0.25, -0.2) is 10.2 Å². The third-order valence-electron chi connectivity index (χ3n) is 4.78. The maximum absolute atomic E-state index is 12.8. The first-order valence-corrected chi connectivity index (χ1v) is 11.3. The average molecular weight is 482 g/mol. The van der Waals surface area contributed by atoms with E-state index in [9.17, 15) is 18.0 Å². The van der Waals surface area contributed by atoms with Crippen LogP contribution in [-0.4, -0.2) is 38.4 Å². The molecule has 0 aliphatic carbocycles. The van der Waals surface area contributed by atoms with Crippen molar-refractivity contribution in [1.29, 1.82) is 0 Å². The van der Waals surface area contributed by atoms with E-state index in [-0.39, 0.29) is 28.6 Å². The number of aryl methyl sites for hydroxylation is 1. The summed E-state index contributed by atoms with van der Waals surface area (Å²) in [5, 5.41) is 12.7. The molecule has 0 radical (unpaired) electrons. The van der Waals surface area contributed by atoms with Crippen molar-refractivity contribution in [3.8, 4) is 17.2 Å². The van der Waals surface area contributed by atoms with Crippen molar-refractivity contribution in [2.45, 2.75) is 11.8 Å². The molecular formula is C23H18N2O8S. The zero-order valence-electron chi connectivity index (χ0n) is 17.7. The van der Waals surface area contributed by atoms with Crippen LogP contribution in [0.1, 0.15) is 31.8 Å². The fourth-order valence-corrected chi connectivity index (χ4v) is 4.25. The lowest BCUT2D eigenvalue weighted by atomic mass is 10.1. The van der Waals surface area contributed by atoms with E-state index in [4.69, 9.17) is 18.8 Å². The fraction of sp³-hybridized carbons (Fsp3) is 0.0870. The molecule has 1 heterocycles. The first kappa shape index (κ1) is 22.8. The highest BCUT2D eigenvalue weighted by Gasteiger charge is 2.25. The molecule has 1 aliphatic heterocycles. The van der Waals surface area contributed by atoms with Crippen molar-refractivity contribution >= 4 is 28.2 Å². The molecule has 0 spiro atoms. The van der Waals surface area contributed by atoms with Gasteiger partial charge in [-0.15, -0.1) is 0 Å². The number of carbonyl (C=O) groups excluding carboxylic acids is 1. The third-order valence-corrected chi connectivity index (χ3v) is 6.17. The Morgan fingerprint density at radius 2 is 1.74 bits per heavy atom. The highest BCUT2D eigenvalue weighted by Crippen LogP contribution is 2.36. The molecule has 10 nitrogen and oxygen atoms in total. The second-order valence-electron chi connectivity index (χ2n) is 7.16. The summed E-state index contributed by atoms with van der Waals surface area (Å²) in [4.78, 5) is 23.2. The van der Waals surface area contributed by atoms with Gasteiger partial charge in [0.25, 0.3) is 5.91 Å². The molecule has 174 valence electrons. The van der Waals surface area contributed by atoms with Gasteiger partial charge < -0.3 is 18.8 Å². The van der Waals surface area contributed by atoms with Crippen LogP contribution in [0.5, 0.6) is 17.2 Å². The number of hydrazone groups is 1. The molecule has 0 unspecified atom stereocenters. The highest BCUT2D eigenvalue weighted by molar-refractivity contribution is 7.87. The summed E-state index contributed by atoms with van der Waals surface area (Å²) < 4.78 is 41.4. The molecule has 0 aromatic heterocycles. The van der Waals surface area contributed by atoms with Crippen LogP contribution < -0.4 is 19.1 Å². The molecule has 0 bridgehead atoms. The topological polar surface area (TPSA) is 141 Å². The zero-order chi connectivity index (χ0) is 24.3. The van der Waals surface area contributed by atoms with Crippen molar-refractivity contribution in [3.63, 3.8) is 0 Å². The van der Waals surface area contributed by atoms with Crippen LogP contribution in [0.3, 0.4) is 0 Å². The number of rotatable bonds is 7. The van der Waals surface area contributed by atoms with Crippen LogP contribution in [0, 0.1) is 6.92 Å². The number of hydrogen-bond acceptors (Lipinski definition) is 8. The molecule has 0 atom stereocenters. The third kappa shape index (κ3) is 4.99. The minimum absolute atomic E-state index is 0.00636. The lowest BCUT2D eigenvalue weighted by Crippen LogP contribution is -2.18. The van der Waals surface area contributed by atoms with Crippen molar-refractivity contribution in [3.05, 3.63) is 82.9 Å². The number of benzene rings is 3. The van der Waals surface area contributed by atoms with Gasteiger partial charge in [-0.3, -0.25) is 4.79 Å². The molecule has 11 heteroatoms. The highest BCUT2D eigenvalue weighted by atomic mass is 32.2. The summed E-state index contributed by atoms with van der Waals surface area (Å²) in [5.41, 5.74) is 3.57. The van der Waals surface area contributed by atoms with Gasteiger partial charge in [0.15, 0.2) is 11.5 Å². The summed E-state index contributed by atoms with van der Waals surface area (Å²) in [6, 6.07) is 14.4. The van der Waals surface area contributed by atoms with Crippen LogP contribution in [0.4, 0.5) is 0 Å². The quantitative estimate of drug-likeness (QED) is 0.298. The standard InChI is InChI=1S/C23H18N2O8S/c1-14-9-19-20(32-13-31-19)11-21(14)34(29,30)33-18-4-2-3-17(10-18)22(26)25-24-12-15-5-7-16(8-6-15)23(27)28/h2-12H,13H2,1H3,(H,25,26)(H,27,28)/b24-12-. The SMILES string of the molecule is Cc1cc2c(cc1S(=O)(=O)Oc1cccc(C(=O)N/N=C\c3ccc(C(=O)O)cc3)c1)OCO2. The van der Waals surface area contributed by atoms with Gasteiger partial charge >= 0.3 is 16.1 Å². The van der Waals surface area contributed by atoms with Crippen molar-refractivity contribution in [2.24, 2.45) is 5.10 Å². The minimum Gasteiger partial charge on any atom is -0.478 e. The van der Waals surface area contributed by atoms with Gasteiger partial charge in [0.05, 0.1) is 11.8 Å². The Morgan fingerprint density at radius 3 is 2.44 bits per heavy atom. The first-order valence-electron chi connectivity index (χ1n) is 9.84. The van der Waals surface area contributed by atoms with Crippen molar-refractivity contribution < 1.29 is 36.8 Å². The van der Waals surface area contributed by atoms with Crippen LogP contribution in [-0.2, 0) is 10.1 Å². The van der Waals surface area contributed by atoms with E-state index in [2.05, 4.69) is 10.5 Å². The van der Waals surface area contributed by atoms with E-state index in [1.165, 1.54) is 60.8 Å². The smallest absolute Gasteiger partial charge is 0.339 e. The van der Waals surface area contributed by atoms with Crippen molar-refractivity contribution in [2.75, 3.05) is 6.79 Å². The maximum atomic E-state index is 12.8. The molecule has 4 rings (SSSR count). The van der Waals surface area contributed by atoms with Gasteiger partial charge in [0.2, 0.25) is 6.79 Å². The average Bonchev–Trinajstić information content (AvgIpc) is 3.26. The second kappa shape index (κ2) is 9.24. The lowest BCUT2D eigenvalue weighted by molar-refractivity contribution is 0.0696. The fourth-order valence-electron chi connectivity index (χ4n) is 3.10. The number of fused-ring (bicyclic) bond motifs is 1. The number of hydrogen-bond donors (Lipinski definition) is 2. The number of nitrogens with zero attached hydrogens (tertiary/aromatic N) is 1. The van der Waals surface area contributed by atoms with Gasteiger partial charge in [0, 0.05) is 11.6 Å². The van der Waals surface area contributed by atoms with Gasteiger partial charge in [-0.1, -0.05) is 18.2 Å². The van der Waals surface area contributed by atoms with Crippen LogP contribution in [0.15, 0.2) is 70.7 Å². The number of carboxylic acid groups (broad SMARTS) is 1. The number of amides is 1. The predicted molar refractivity (Wildman–Crippen MR) is 120 cm³/mol. The summed E-state index contributed by atoms with van der Waals surface area (Å²) >= 11 is 0. The van der Waals surface area contributed by atoms with Crippen LogP contribution >= 0.6 is 0 Å². The molecule has 3 aromatic carbocycles. The Kier molecular flexibility index (Phi) is 6.19. The molecule has 3 aromatic rings. The molecule has 0 fully saturated rings. The van der Waals surface area contributed by atoms with Gasteiger partial charge in [0.1, 0.15) is 10.6 Å². The Bertz CT molecular complexity index is 1400. The molecule has 1 aliphatic rings. The molecule has 0 saturated carbocycles. The van der Waals surface area contributed by atoms with Crippen LogP contribution in [0.2, 0.25) is 0 Å². The Balaban J connectivity index is 1.45. The number of aromatic carboxylic acids is 1. The molecule has 0 saturated heterocycles. The summed E-state index contributed by atoms with van der Waals surface area (Å²) in [7, 11) is -4.21. The summed E-state index contributed by atoms with van der Waals surface area (Å²) in [6.45, 7) is 1.61. The largest absolute Gasteiger partial charge is 0.478 e. The molecule has 1 amide bonds. The summed E-state index contributed by atoms with van der Waals surface area (Å²) in [6.07, 6.45) is 1.34. The number of carboxylic acids is 1. The van der Waals surface area contributed by atoms with E-state index in [0.717, 1.165) is 0 Å². The van der Waals surface area contributed by atoms with E-state index in [1.54, 1.807) is 13.0 Å². The predicted octanol–water partition coefficient (Wildman–Crippen LogP) is 2.95. The van der Waals surface area contributed by atoms with Crippen molar-refractivity contribution in [1.82, 2.24) is 5.43 Å². The number of carbonyl (C=O) groups is 2. The minimum atomic E-state index is -4.21. The zero-order valence-corrected chi connectivity index (χ0v) is 18.5.